The van der Waals surface area contributed by atoms with Crippen molar-refractivity contribution in [3.8, 4) is 0 Å². The highest BCUT2D eigenvalue weighted by atomic mass is 16.4. The number of nitrogens with zero attached hydrogens (tertiary/aromatic N) is 1. The van der Waals surface area contributed by atoms with E-state index in [1.54, 1.807) is 6.07 Å². The van der Waals surface area contributed by atoms with E-state index in [1.165, 1.54) is 0 Å². The molecule has 1 heterocycles. The van der Waals surface area contributed by atoms with Crippen molar-refractivity contribution >= 4 is 16.9 Å². The van der Waals surface area contributed by atoms with Crippen molar-refractivity contribution < 1.29 is 9.90 Å². The van der Waals surface area contributed by atoms with Gasteiger partial charge in [0.05, 0.1) is 5.56 Å². The Bertz CT molecular complexity index is 555. The molecular weight excluding hydrogens is 214 g/mol. The Hall–Kier alpha value is -1.77. The molecule has 3 heteroatoms. The van der Waals surface area contributed by atoms with E-state index in [-0.39, 0.29) is 0 Å². The molecule has 0 spiro atoms. The predicted molar refractivity (Wildman–Crippen MR) is 68.6 cm³/mol. The maximum atomic E-state index is 11.2. The van der Waals surface area contributed by atoms with Gasteiger partial charge < -0.3 is 9.67 Å². The third kappa shape index (κ3) is 1.93. The second kappa shape index (κ2) is 4.62. The fraction of sp³-hybridized carbons (Fsp3) is 0.357. The number of carboxylic acid groups (broad SMARTS) is 1. The summed E-state index contributed by atoms with van der Waals surface area (Å²) >= 11 is 0. The van der Waals surface area contributed by atoms with E-state index in [2.05, 4.69) is 24.6 Å². The van der Waals surface area contributed by atoms with Crippen LogP contribution in [0, 0.1) is 0 Å². The average molecular weight is 231 g/mol. The summed E-state index contributed by atoms with van der Waals surface area (Å²) in [5.41, 5.74) is 2.56. The summed E-state index contributed by atoms with van der Waals surface area (Å²) in [4.78, 5) is 11.2. The number of rotatable bonds is 4. The van der Waals surface area contributed by atoms with Crippen LogP contribution in [0.2, 0.25) is 0 Å². The molecule has 2 aromatic rings. The van der Waals surface area contributed by atoms with Crippen molar-refractivity contribution in [1.29, 1.82) is 0 Å². The van der Waals surface area contributed by atoms with E-state index < -0.39 is 5.97 Å². The lowest BCUT2D eigenvalue weighted by molar-refractivity contribution is 0.0699. The number of hydrogen-bond acceptors (Lipinski definition) is 1. The molecule has 0 atom stereocenters. The van der Waals surface area contributed by atoms with Crippen molar-refractivity contribution in [2.24, 2.45) is 0 Å². The maximum absolute atomic E-state index is 11.2. The minimum atomic E-state index is -0.848. The van der Waals surface area contributed by atoms with Gasteiger partial charge in [0.25, 0.3) is 0 Å². The molecule has 0 unspecified atom stereocenters. The lowest BCUT2D eigenvalue weighted by Crippen LogP contribution is -1.98. The molecule has 0 saturated carbocycles. The molecule has 17 heavy (non-hydrogen) atoms. The summed E-state index contributed by atoms with van der Waals surface area (Å²) in [6.07, 6.45) is 3.99. The molecule has 0 saturated heterocycles. The van der Waals surface area contributed by atoms with Crippen LogP contribution >= 0.6 is 0 Å². The summed E-state index contributed by atoms with van der Waals surface area (Å²) in [5.74, 6) is -0.848. The molecule has 1 N–H and O–H groups in total. The van der Waals surface area contributed by atoms with Crippen molar-refractivity contribution in [2.45, 2.75) is 33.2 Å². The Morgan fingerprint density at radius 1 is 1.35 bits per heavy atom. The van der Waals surface area contributed by atoms with E-state index in [9.17, 15) is 9.90 Å². The van der Waals surface area contributed by atoms with Crippen LogP contribution in [0.3, 0.4) is 0 Å². The highest BCUT2D eigenvalue weighted by Gasteiger charge is 2.14. The summed E-state index contributed by atoms with van der Waals surface area (Å²) in [6.45, 7) is 5.11. The van der Waals surface area contributed by atoms with Crippen LogP contribution in [0.15, 0.2) is 24.4 Å². The highest BCUT2D eigenvalue weighted by molar-refractivity contribution is 6.04. The number of aryl methyl sites for hydroxylation is 2. The molecule has 1 aromatic heterocycles. The normalized spacial score (nSPS) is 10.9. The molecule has 1 aromatic carbocycles. The predicted octanol–water partition coefficient (Wildman–Crippen LogP) is 3.31. The van der Waals surface area contributed by atoms with Crippen molar-refractivity contribution in [3.63, 3.8) is 0 Å². The largest absolute Gasteiger partial charge is 0.478 e. The lowest BCUT2D eigenvalue weighted by Gasteiger charge is -2.03. The van der Waals surface area contributed by atoms with Gasteiger partial charge in [0.1, 0.15) is 0 Å². The van der Waals surface area contributed by atoms with Gasteiger partial charge in [-0.2, -0.15) is 0 Å². The van der Waals surface area contributed by atoms with E-state index >= 15 is 0 Å². The van der Waals surface area contributed by atoms with Crippen LogP contribution in [0.1, 0.15) is 36.2 Å². The smallest absolute Gasteiger partial charge is 0.336 e. The molecule has 0 aliphatic carbocycles. The standard InChI is InChI=1S/C14H17NO2/c1-3-8-15-9-10(4-2)13-11(14(16)17)6-5-7-12(13)15/h5-7,9H,3-4,8H2,1-2H3,(H,16,17). The van der Waals surface area contributed by atoms with E-state index in [4.69, 9.17) is 0 Å². The first-order valence-corrected chi connectivity index (χ1v) is 6.03. The molecule has 0 radical (unpaired) electrons. The molecule has 0 amide bonds. The third-order valence-corrected chi connectivity index (χ3v) is 3.06. The molecule has 3 nitrogen and oxygen atoms in total. The SMILES string of the molecule is CCCn1cc(CC)c2c(C(=O)O)cccc21. The first kappa shape index (κ1) is 11.7. The van der Waals surface area contributed by atoms with Crippen LogP contribution in [-0.2, 0) is 13.0 Å². The number of hydrogen-bond donors (Lipinski definition) is 1. The first-order valence-electron chi connectivity index (χ1n) is 6.03. The molecular formula is C14H17NO2. The zero-order chi connectivity index (χ0) is 12.4. The minimum absolute atomic E-state index is 0.411. The van der Waals surface area contributed by atoms with Gasteiger partial charge in [0, 0.05) is 23.6 Å². The Kier molecular flexibility index (Phi) is 3.18. The maximum Gasteiger partial charge on any atom is 0.336 e. The molecule has 2 rings (SSSR count). The van der Waals surface area contributed by atoms with Gasteiger partial charge >= 0.3 is 5.97 Å². The fourth-order valence-corrected chi connectivity index (χ4v) is 2.31. The van der Waals surface area contributed by atoms with Gasteiger partial charge in [0.15, 0.2) is 0 Å². The Morgan fingerprint density at radius 3 is 2.71 bits per heavy atom. The number of carbonyl (C=O) groups is 1. The number of fused-ring (bicyclic) bond motifs is 1. The summed E-state index contributed by atoms with van der Waals surface area (Å²) in [5, 5.41) is 10.1. The molecule has 0 bridgehead atoms. The average Bonchev–Trinajstić information content (AvgIpc) is 2.68. The molecule has 0 aliphatic heterocycles. The quantitative estimate of drug-likeness (QED) is 0.877. The number of benzene rings is 1. The summed E-state index contributed by atoms with van der Waals surface area (Å²) in [7, 11) is 0. The van der Waals surface area contributed by atoms with Gasteiger partial charge in [-0.15, -0.1) is 0 Å². The summed E-state index contributed by atoms with van der Waals surface area (Å²) in [6, 6.07) is 5.49. The van der Waals surface area contributed by atoms with Crippen LogP contribution in [0.4, 0.5) is 0 Å². The Morgan fingerprint density at radius 2 is 2.12 bits per heavy atom. The monoisotopic (exact) mass is 231 g/mol. The molecule has 0 fully saturated rings. The molecule has 90 valence electrons. The fourth-order valence-electron chi connectivity index (χ4n) is 2.31. The van der Waals surface area contributed by atoms with E-state index in [0.29, 0.717) is 5.56 Å². The number of aromatic nitrogens is 1. The van der Waals surface area contributed by atoms with Crippen LogP contribution in [0.25, 0.3) is 10.9 Å². The lowest BCUT2D eigenvalue weighted by atomic mass is 10.1. The van der Waals surface area contributed by atoms with Crippen LogP contribution in [0.5, 0.6) is 0 Å². The van der Waals surface area contributed by atoms with Gasteiger partial charge in [0.2, 0.25) is 0 Å². The van der Waals surface area contributed by atoms with Gasteiger partial charge in [-0.1, -0.05) is 19.9 Å². The topological polar surface area (TPSA) is 42.2 Å². The summed E-state index contributed by atoms with van der Waals surface area (Å²) < 4.78 is 2.15. The third-order valence-electron chi connectivity index (χ3n) is 3.06. The van der Waals surface area contributed by atoms with Crippen LogP contribution in [-0.4, -0.2) is 15.6 Å². The Balaban J connectivity index is 2.75. The van der Waals surface area contributed by atoms with Gasteiger partial charge in [-0.3, -0.25) is 0 Å². The number of carboxylic acids is 1. The van der Waals surface area contributed by atoms with E-state index in [0.717, 1.165) is 35.9 Å². The van der Waals surface area contributed by atoms with Crippen LogP contribution < -0.4 is 0 Å². The highest BCUT2D eigenvalue weighted by Crippen LogP contribution is 2.26. The van der Waals surface area contributed by atoms with E-state index in [1.807, 2.05) is 12.1 Å². The zero-order valence-corrected chi connectivity index (χ0v) is 10.2. The number of aromatic carboxylic acids is 1. The second-order valence-electron chi connectivity index (χ2n) is 4.21. The van der Waals surface area contributed by atoms with Crippen molar-refractivity contribution in [2.75, 3.05) is 0 Å². The Labute approximate surface area is 101 Å². The first-order chi connectivity index (χ1) is 8.19. The van der Waals surface area contributed by atoms with Gasteiger partial charge in [-0.05, 0) is 30.5 Å². The second-order valence-corrected chi connectivity index (χ2v) is 4.21. The zero-order valence-electron chi connectivity index (χ0n) is 10.2. The van der Waals surface area contributed by atoms with Crippen molar-refractivity contribution in [3.05, 3.63) is 35.5 Å². The minimum Gasteiger partial charge on any atom is -0.478 e. The van der Waals surface area contributed by atoms with Crippen molar-refractivity contribution in [1.82, 2.24) is 4.57 Å². The molecule has 0 aliphatic rings. The van der Waals surface area contributed by atoms with Gasteiger partial charge in [-0.25, -0.2) is 4.79 Å².